The molecule has 1 aliphatic carbocycles. The monoisotopic (exact) mass is 577 g/mol. The maximum absolute atomic E-state index is 14.1. The Bertz CT molecular complexity index is 1040. The van der Waals surface area contributed by atoms with Crippen LogP contribution in [0.5, 0.6) is 0 Å². The summed E-state index contributed by atoms with van der Waals surface area (Å²) in [5.41, 5.74) is 0.933. The van der Waals surface area contributed by atoms with E-state index in [4.69, 9.17) is 27.9 Å². The second-order valence-corrected chi connectivity index (χ2v) is 13.6. The molecule has 2 atom stereocenters. The molecular weight excluding hydrogens is 533 g/mol. The van der Waals surface area contributed by atoms with Crippen molar-refractivity contribution in [3.63, 3.8) is 0 Å². The van der Waals surface area contributed by atoms with Gasteiger partial charge in [0.05, 0.1) is 11.8 Å². The van der Waals surface area contributed by atoms with Gasteiger partial charge >= 0.3 is 5.97 Å². The molecule has 0 radical (unpaired) electrons. The van der Waals surface area contributed by atoms with Gasteiger partial charge in [-0.1, -0.05) is 47.8 Å². The lowest BCUT2D eigenvalue weighted by molar-refractivity contribution is -0.161. The SMILES string of the molecule is C[C@H]1CN(Cc2c(Cl)cccc2Cl)C[C@@]1(CC(=O)OC(C)(C)C)C(=O)NC1CCN(CC2=CCCCC2)CC1. The van der Waals surface area contributed by atoms with Gasteiger partial charge in [0, 0.05) is 60.9 Å². The standard InChI is InChI=1S/C31H45Cl2N3O3/c1-22-18-36(20-25-26(32)11-8-12-27(25)33)21-31(22,17-28(37)39-30(2,3)4)29(38)34-24-13-15-35(16-14-24)19-23-9-6-5-7-10-23/h8-9,11-12,22,24H,5-7,10,13-21H2,1-4H3,(H,34,38)/t22-,31+/m0/s1. The number of nitrogens with one attached hydrogen (secondary N) is 1. The second-order valence-electron chi connectivity index (χ2n) is 12.8. The average molecular weight is 579 g/mol. The molecule has 0 aromatic heterocycles. The summed E-state index contributed by atoms with van der Waals surface area (Å²) in [7, 11) is 0. The van der Waals surface area contributed by atoms with E-state index in [1.54, 1.807) is 5.57 Å². The van der Waals surface area contributed by atoms with Crippen molar-refractivity contribution in [3.8, 4) is 0 Å². The smallest absolute Gasteiger partial charge is 0.307 e. The van der Waals surface area contributed by atoms with Gasteiger partial charge in [0.15, 0.2) is 0 Å². The molecular formula is C31H45Cl2N3O3. The summed E-state index contributed by atoms with van der Waals surface area (Å²) in [4.78, 5) is 31.9. The Morgan fingerprint density at radius 2 is 1.77 bits per heavy atom. The minimum atomic E-state index is -0.875. The van der Waals surface area contributed by atoms with E-state index in [1.165, 1.54) is 25.7 Å². The van der Waals surface area contributed by atoms with Gasteiger partial charge in [0.25, 0.3) is 0 Å². The molecule has 8 heteroatoms. The average Bonchev–Trinajstić information content (AvgIpc) is 3.17. The number of rotatable bonds is 8. The molecule has 2 heterocycles. The Morgan fingerprint density at radius 3 is 2.38 bits per heavy atom. The lowest BCUT2D eigenvalue weighted by Crippen LogP contribution is -2.53. The van der Waals surface area contributed by atoms with E-state index in [1.807, 2.05) is 39.0 Å². The zero-order valence-corrected chi connectivity index (χ0v) is 25.5. The number of hydrogen-bond donors (Lipinski definition) is 1. The van der Waals surface area contributed by atoms with Crippen molar-refractivity contribution >= 4 is 35.1 Å². The van der Waals surface area contributed by atoms with E-state index in [9.17, 15) is 9.59 Å². The molecule has 0 saturated carbocycles. The summed E-state index contributed by atoms with van der Waals surface area (Å²) in [6, 6.07) is 5.61. The zero-order valence-electron chi connectivity index (χ0n) is 24.0. The quantitative estimate of drug-likeness (QED) is 0.292. The van der Waals surface area contributed by atoms with Crippen LogP contribution in [0.2, 0.25) is 10.0 Å². The van der Waals surface area contributed by atoms with Gasteiger partial charge in [0.1, 0.15) is 5.60 Å². The number of benzene rings is 1. The van der Waals surface area contributed by atoms with Gasteiger partial charge in [-0.25, -0.2) is 0 Å². The van der Waals surface area contributed by atoms with E-state index in [0.717, 1.165) is 38.0 Å². The van der Waals surface area contributed by atoms with Crippen LogP contribution in [-0.2, 0) is 20.9 Å². The third-order valence-corrected chi connectivity index (χ3v) is 9.20. The number of carbonyl (C=O) groups is 2. The molecule has 2 fully saturated rings. The Labute approximate surface area is 244 Å². The first-order chi connectivity index (χ1) is 18.4. The van der Waals surface area contributed by atoms with Crippen LogP contribution in [0, 0.1) is 11.3 Å². The summed E-state index contributed by atoms with van der Waals surface area (Å²) in [5.74, 6) is -0.413. The summed E-state index contributed by atoms with van der Waals surface area (Å²) in [5, 5.41) is 4.59. The van der Waals surface area contributed by atoms with Gasteiger partial charge in [-0.3, -0.25) is 19.4 Å². The third-order valence-electron chi connectivity index (χ3n) is 8.49. The lowest BCUT2D eigenvalue weighted by Gasteiger charge is -2.37. The topological polar surface area (TPSA) is 61.9 Å². The second kappa shape index (κ2) is 12.9. The van der Waals surface area contributed by atoms with Crippen LogP contribution in [0.4, 0.5) is 0 Å². The van der Waals surface area contributed by atoms with E-state index in [-0.39, 0.29) is 30.3 Å². The largest absolute Gasteiger partial charge is 0.460 e. The van der Waals surface area contributed by atoms with Crippen molar-refractivity contribution in [2.24, 2.45) is 11.3 Å². The minimum Gasteiger partial charge on any atom is -0.460 e. The molecule has 2 saturated heterocycles. The van der Waals surface area contributed by atoms with E-state index in [2.05, 4.69) is 28.1 Å². The van der Waals surface area contributed by atoms with Crippen molar-refractivity contribution < 1.29 is 14.3 Å². The number of hydrogen-bond acceptors (Lipinski definition) is 5. The Balaban J connectivity index is 1.44. The van der Waals surface area contributed by atoms with Crippen LogP contribution in [0.1, 0.15) is 78.2 Å². The molecule has 0 bridgehead atoms. The number of halogens is 2. The predicted molar refractivity (Wildman–Crippen MR) is 158 cm³/mol. The van der Waals surface area contributed by atoms with Crippen LogP contribution in [0.25, 0.3) is 0 Å². The first kappa shape index (κ1) is 30.4. The van der Waals surface area contributed by atoms with Crippen molar-refractivity contribution in [1.82, 2.24) is 15.1 Å². The molecule has 39 heavy (non-hydrogen) atoms. The Kier molecular flexibility index (Phi) is 10.1. The first-order valence-corrected chi connectivity index (χ1v) is 15.3. The highest BCUT2D eigenvalue weighted by atomic mass is 35.5. The Morgan fingerprint density at radius 1 is 1.08 bits per heavy atom. The number of ether oxygens (including phenoxy) is 1. The molecule has 4 rings (SSSR count). The van der Waals surface area contributed by atoms with E-state index in [0.29, 0.717) is 29.7 Å². The first-order valence-electron chi connectivity index (χ1n) is 14.5. The van der Waals surface area contributed by atoms with Crippen molar-refractivity contribution in [2.75, 3.05) is 32.7 Å². The van der Waals surface area contributed by atoms with Crippen LogP contribution in [0.3, 0.4) is 0 Å². The molecule has 0 spiro atoms. The van der Waals surface area contributed by atoms with Crippen LogP contribution in [0.15, 0.2) is 29.8 Å². The molecule has 1 amide bonds. The van der Waals surface area contributed by atoms with Crippen LogP contribution < -0.4 is 5.32 Å². The van der Waals surface area contributed by atoms with Gasteiger partial charge in [-0.05, 0) is 77.3 Å². The highest BCUT2D eigenvalue weighted by molar-refractivity contribution is 6.35. The fraction of sp³-hybridized carbons (Fsp3) is 0.677. The molecule has 216 valence electrons. The number of esters is 1. The molecule has 3 aliphatic rings. The van der Waals surface area contributed by atoms with Crippen molar-refractivity contribution in [1.29, 1.82) is 0 Å². The van der Waals surface area contributed by atoms with Crippen molar-refractivity contribution in [2.45, 2.75) is 90.8 Å². The summed E-state index contributed by atoms with van der Waals surface area (Å²) < 4.78 is 5.70. The summed E-state index contributed by atoms with van der Waals surface area (Å²) >= 11 is 12.9. The summed E-state index contributed by atoms with van der Waals surface area (Å²) in [6.45, 7) is 12.3. The van der Waals surface area contributed by atoms with Crippen LogP contribution >= 0.6 is 23.2 Å². The van der Waals surface area contributed by atoms with E-state index < -0.39 is 11.0 Å². The van der Waals surface area contributed by atoms with E-state index >= 15 is 0 Å². The minimum absolute atomic E-state index is 0.0374. The highest BCUT2D eigenvalue weighted by Crippen LogP contribution is 2.42. The van der Waals surface area contributed by atoms with Gasteiger partial charge in [0.2, 0.25) is 5.91 Å². The number of likely N-dealkylation sites (tertiary alicyclic amines) is 2. The number of allylic oxidation sites excluding steroid dienone is 1. The fourth-order valence-corrected chi connectivity index (χ4v) is 6.87. The molecule has 2 aliphatic heterocycles. The lowest BCUT2D eigenvalue weighted by atomic mass is 9.75. The Hall–Kier alpha value is -1.60. The third kappa shape index (κ3) is 8.00. The fourth-order valence-electron chi connectivity index (χ4n) is 6.35. The number of amides is 1. The van der Waals surface area contributed by atoms with Gasteiger partial charge < -0.3 is 10.1 Å². The molecule has 0 unspecified atom stereocenters. The maximum Gasteiger partial charge on any atom is 0.307 e. The van der Waals surface area contributed by atoms with Crippen LogP contribution in [-0.4, -0.2) is 66.0 Å². The summed E-state index contributed by atoms with van der Waals surface area (Å²) in [6.07, 6.45) is 9.36. The van der Waals surface area contributed by atoms with Gasteiger partial charge in [-0.15, -0.1) is 0 Å². The normalized spacial score (nSPS) is 25.4. The highest BCUT2D eigenvalue weighted by Gasteiger charge is 2.52. The molecule has 6 nitrogen and oxygen atoms in total. The predicted octanol–water partition coefficient (Wildman–Crippen LogP) is 6.24. The van der Waals surface area contributed by atoms with Gasteiger partial charge in [-0.2, -0.15) is 0 Å². The number of nitrogens with zero attached hydrogens (tertiary/aromatic N) is 2. The molecule has 1 N–H and O–H groups in total. The zero-order chi connectivity index (χ0) is 28.2. The number of carbonyl (C=O) groups excluding carboxylic acids is 2. The number of piperidine rings is 1. The molecule has 1 aromatic carbocycles. The van der Waals surface area contributed by atoms with Crippen molar-refractivity contribution in [3.05, 3.63) is 45.5 Å². The maximum atomic E-state index is 14.1. The molecule has 1 aromatic rings.